The molecule has 0 aromatic carbocycles. The van der Waals surface area contributed by atoms with Crippen molar-refractivity contribution in [1.82, 2.24) is 0 Å². The van der Waals surface area contributed by atoms with Gasteiger partial charge in [0.1, 0.15) is 0 Å². The standard InChI is InChI=1S/C7H6ClF3OS/c1-3-2-4(13-6(3)8)5(12)7(9,10)11/h2,5,12H,1H3. The molecule has 1 unspecified atom stereocenters. The van der Waals surface area contributed by atoms with Gasteiger partial charge in [0.15, 0.2) is 6.10 Å². The Morgan fingerprint density at radius 2 is 2.08 bits per heavy atom. The molecule has 6 heteroatoms. The van der Waals surface area contributed by atoms with Gasteiger partial charge in [-0.15, -0.1) is 11.3 Å². The lowest BCUT2D eigenvalue weighted by molar-refractivity contribution is -0.205. The first-order chi connectivity index (χ1) is 5.82. The fourth-order valence-electron chi connectivity index (χ4n) is 0.780. The Kier molecular flexibility index (Phi) is 2.89. The fraction of sp³-hybridized carbons (Fsp3) is 0.429. The van der Waals surface area contributed by atoms with Crippen LogP contribution in [0.3, 0.4) is 0 Å². The summed E-state index contributed by atoms with van der Waals surface area (Å²) in [7, 11) is 0. The van der Waals surface area contributed by atoms with E-state index < -0.39 is 12.3 Å². The van der Waals surface area contributed by atoms with Gasteiger partial charge in [0.2, 0.25) is 0 Å². The molecule has 1 nitrogen and oxygen atoms in total. The van der Waals surface area contributed by atoms with Gasteiger partial charge in [-0.3, -0.25) is 0 Å². The molecule has 1 aromatic heterocycles. The second kappa shape index (κ2) is 3.48. The second-order valence-corrected chi connectivity index (χ2v) is 4.24. The van der Waals surface area contributed by atoms with Gasteiger partial charge in [0.05, 0.1) is 4.34 Å². The van der Waals surface area contributed by atoms with Crippen LogP contribution in [-0.2, 0) is 0 Å². The van der Waals surface area contributed by atoms with Crippen molar-refractivity contribution in [2.45, 2.75) is 19.2 Å². The summed E-state index contributed by atoms with van der Waals surface area (Å²) in [6, 6.07) is 1.24. The number of aliphatic hydroxyl groups excluding tert-OH is 1. The molecule has 1 aromatic rings. The number of alkyl halides is 3. The van der Waals surface area contributed by atoms with Crippen LogP contribution < -0.4 is 0 Å². The smallest absolute Gasteiger partial charge is 0.379 e. The summed E-state index contributed by atoms with van der Waals surface area (Å²) < 4.78 is 36.2. The van der Waals surface area contributed by atoms with Gasteiger partial charge < -0.3 is 5.11 Å². The molecule has 0 aliphatic heterocycles. The van der Waals surface area contributed by atoms with Crippen LogP contribution in [0.25, 0.3) is 0 Å². The maximum atomic E-state index is 12.0. The Hall–Kier alpha value is -0.260. The zero-order chi connectivity index (χ0) is 10.2. The molecule has 0 fully saturated rings. The minimum Gasteiger partial charge on any atom is -0.379 e. The summed E-state index contributed by atoms with van der Waals surface area (Å²) in [6.07, 6.45) is -7.05. The van der Waals surface area contributed by atoms with E-state index in [2.05, 4.69) is 0 Å². The van der Waals surface area contributed by atoms with Crippen LogP contribution in [0.15, 0.2) is 6.07 Å². The molecule has 13 heavy (non-hydrogen) atoms. The van der Waals surface area contributed by atoms with E-state index in [1.54, 1.807) is 6.92 Å². The maximum Gasteiger partial charge on any atom is 0.419 e. The van der Waals surface area contributed by atoms with E-state index in [-0.39, 0.29) is 9.21 Å². The monoisotopic (exact) mass is 230 g/mol. The number of aliphatic hydroxyl groups is 1. The van der Waals surface area contributed by atoms with Gasteiger partial charge in [0, 0.05) is 4.88 Å². The molecule has 1 atom stereocenters. The highest BCUT2D eigenvalue weighted by molar-refractivity contribution is 7.16. The molecule has 0 radical (unpaired) electrons. The first-order valence-electron chi connectivity index (χ1n) is 3.33. The highest BCUT2D eigenvalue weighted by Gasteiger charge is 2.40. The van der Waals surface area contributed by atoms with Crippen molar-refractivity contribution in [1.29, 1.82) is 0 Å². The molecule has 0 bridgehead atoms. The first-order valence-corrected chi connectivity index (χ1v) is 4.52. The molecule has 0 spiro atoms. The average molecular weight is 231 g/mol. The van der Waals surface area contributed by atoms with E-state index in [1.165, 1.54) is 6.07 Å². The summed E-state index contributed by atoms with van der Waals surface area (Å²) >= 11 is 6.31. The highest BCUT2D eigenvalue weighted by Crippen LogP contribution is 2.38. The quantitative estimate of drug-likeness (QED) is 0.785. The van der Waals surface area contributed by atoms with E-state index >= 15 is 0 Å². The minimum absolute atomic E-state index is 0.171. The molecule has 74 valence electrons. The molecule has 0 aliphatic carbocycles. The number of hydrogen-bond donors (Lipinski definition) is 1. The van der Waals surface area contributed by atoms with Crippen molar-refractivity contribution in [3.63, 3.8) is 0 Å². The first kappa shape index (κ1) is 10.8. The van der Waals surface area contributed by atoms with E-state index in [4.69, 9.17) is 16.7 Å². The SMILES string of the molecule is Cc1cc(C(O)C(F)(F)F)sc1Cl. The Morgan fingerprint density at radius 1 is 1.54 bits per heavy atom. The Labute approximate surface area is 81.8 Å². The number of aryl methyl sites for hydroxylation is 1. The molecular formula is C7H6ClF3OS. The van der Waals surface area contributed by atoms with Crippen molar-refractivity contribution in [3.8, 4) is 0 Å². The number of halogens is 4. The fourth-order valence-corrected chi connectivity index (χ4v) is 2.01. The van der Waals surface area contributed by atoms with Crippen LogP contribution in [0.2, 0.25) is 4.34 Å². The summed E-state index contributed by atoms with van der Waals surface area (Å²) in [5, 5.41) is 8.82. The molecule has 0 amide bonds. The molecule has 0 aliphatic rings. The molecule has 1 N–H and O–H groups in total. The van der Waals surface area contributed by atoms with Crippen molar-refractivity contribution < 1.29 is 18.3 Å². The second-order valence-electron chi connectivity index (χ2n) is 2.55. The van der Waals surface area contributed by atoms with Crippen molar-refractivity contribution in [3.05, 3.63) is 20.8 Å². The summed E-state index contributed by atoms with van der Waals surface area (Å²) in [4.78, 5) is -0.171. The van der Waals surface area contributed by atoms with E-state index in [0.717, 1.165) is 11.3 Å². The Balaban J connectivity index is 2.96. The molecule has 1 heterocycles. The van der Waals surface area contributed by atoms with Crippen molar-refractivity contribution in [2.75, 3.05) is 0 Å². The van der Waals surface area contributed by atoms with Gasteiger partial charge in [-0.1, -0.05) is 11.6 Å². The Bertz CT molecular complexity index is 288. The largest absolute Gasteiger partial charge is 0.419 e. The summed E-state index contributed by atoms with van der Waals surface area (Å²) in [6.45, 7) is 1.59. The number of hydrogen-bond acceptors (Lipinski definition) is 2. The third-order valence-corrected chi connectivity index (χ3v) is 3.06. The van der Waals surface area contributed by atoms with Gasteiger partial charge in [-0.05, 0) is 18.6 Å². The van der Waals surface area contributed by atoms with Gasteiger partial charge in [0.25, 0.3) is 0 Å². The average Bonchev–Trinajstić information content (AvgIpc) is 2.29. The third-order valence-electron chi connectivity index (χ3n) is 1.46. The normalized spacial score (nSPS) is 14.6. The van der Waals surface area contributed by atoms with Crippen LogP contribution in [0.5, 0.6) is 0 Å². The lowest BCUT2D eigenvalue weighted by Crippen LogP contribution is -2.18. The molecule has 1 rings (SSSR count). The highest BCUT2D eigenvalue weighted by atomic mass is 35.5. The zero-order valence-corrected chi connectivity index (χ0v) is 8.09. The third kappa shape index (κ3) is 2.36. The van der Waals surface area contributed by atoms with Crippen molar-refractivity contribution in [2.24, 2.45) is 0 Å². The molecule has 0 saturated carbocycles. The number of rotatable bonds is 1. The van der Waals surface area contributed by atoms with Crippen LogP contribution in [0.4, 0.5) is 13.2 Å². The predicted molar refractivity (Wildman–Crippen MR) is 45.1 cm³/mol. The minimum atomic E-state index is -4.62. The van der Waals surface area contributed by atoms with E-state index in [0.29, 0.717) is 5.56 Å². The van der Waals surface area contributed by atoms with E-state index in [9.17, 15) is 13.2 Å². The summed E-state index contributed by atoms with van der Waals surface area (Å²) in [5.41, 5.74) is 0.546. The zero-order valence-electron chi connectivity index (χ0n) is 6.52. The molecule has 0 saturated heterocycles. The van der Waals surface area contributed by atoms with Crippen LogP contribution in [-0.4, -0.2) is 11.3 Å². The maximum absolute atomic E-state index is 12.0. The molecular weight excluding hydrogens is 225 g/mol. The van der Waals surface area contributed by atoms with Crippen LogP contribution in [0, 0.1) is 6.92 Å². The van der Waals surface area contributed by atoms with Crippen LogP contribution in [0.1, 0.15) is 16.5 Å². The topological polar surface area (TPSA) is 20.2 Å². The summed E-state index contributed by atoms with van der Waals surface area (Å²) in [5.74, 6) is 0. The Morgan fingerprint density at radius 3 is 2.38 bits per heavy atom. The lowest BCUT2D eigenvalue weighted by atomic mass is 10.2. The lowest BCUT2D eigenvalue weighted by Gasteiger charge is -2.11. The van der Waals surface area contributed by atoms with Crippen LogP contribution >= 0.6 is 22.9 Å². The van der Waals surface area contributed by atoms with Gasteiger partial charge in [-0.2, -0.15) is 13.2 Å². The van der Waals surface area contributed by atoms with E-state index in [1.807, 2.05) is 0 Å². The van der Waals surface area contributed by atoms with Crippen molar-refractivity contribution >= 4 is 22.9 Å². The van der Waals surface area contributed by atoms with Gasteiger partial charge >= 0.3 is 6.18 Å². The predicted octanol–water partition coefficient (Wildman–Crippen LogP) is 3.31. The number of thiophene rings is 1. The van der Waals surface area contributed by atoms with Gasteiger partial charge in [-0.25, -0.2) is 0 Å².